The van der Waals surface area contributed by atoms with Crippen LogP contribution in [0.1, 0.15) is 0 Å². The normalized spacial score (nSPS) is 9.86. The SMILES string of the molecule is COc1ccc(N(C)C)cc1NC(=O)Nc1cnccn1. The molecule has 2 rings (SSSR count). The molecule has 1 heterocycles. The molecule has 110 valence electrons. The standard InChI is InChI=1S/C14H17N5O2/c1-19(2)10-4-5-12(21-3)11(8-10)17-14(20)18-13-9-15-6-7-16-13/h4-9H,1-3H3,(H2,16,17,18,20). The van der Waals surface area contributed by atoms with Crippen LogP contribution in [-0.4, -0.2) is 37.2 Å². The smallest absolute Gasteiger partial charge is 0.325 e. The molecular formula is C14H17N5O2. The highest BCUT2D eigenvalue weighted by Gasteiger charge is 2.10. The van der Waals surface area contributed by atoms with Crippen molar-refractivity contribution in [2.45, 2.75) is 0 Å². The third-order valence-electron chi connectivity index (χ3n) is 2.75. The molecule has 7 heteroatoms. The van der Waals surface area contributed by atoms with Gasteiger partial charge < -0.3 is 15.0 Å². The van der Waals surface area contributed by atoms with Gasteiger partial charge in [-0.2, -0.15) is 0 Å². The maximum Gasteiger partial charge on any atom is 0.325 e. The van der Waals surface area contributed by atoms with Crippen molar-refractivity contribution < 1.29 is 9.53 Å². The first kappa shape index (κ1) is 14.6. The Morgan fingerprint density at radius 2 is 2.05 bits per heavy atom. The molecule has 21 heavy (non-hydrogen) atoms. The van der Waals surface area contributed by atoms with Crippen molar-refractivity contribution in [3.8, 4) is 5.75 Å². The number of amides is 2. The van der Waals surface area contributed by atoms with Crippen molar-refractivity contribution in [2.75, 3.05) is 36.7 Å². The number of aromatic nitrogens is 2. The van der Waals surface area contributed by atoms with E-state index in [4.69, 9.17) is 4.74 Å². The van der Waals surface area contributed by atoms with Gasteiger partial charge >= 0.3 is 6.03 Å². The highest BCUT2D eigenvalue weighted by Crippen LogP contribution is 2.28. The number of benzene rings is 1. The molecule has 0 aliphatic carbocycles. The zero-order valence-electron chi connectivity index (χ0n) is 12.1. The molecule has 0 radical (unpaired) electrons. The van der Waals surface area contributed by atoms with Gasteiger partial charge in [-0.3, -0.25) is 10.3 Å². The topological polar surface area (TPSA) is 79.4 Å². The second kappa shape index (κ2) is 6.56. The predicted octanol–water partition coefficient (Wildman–Crippen LogP) is 2.20. The molecule has 0 bridgehead atoms. The number of hydrogen-bond acceptors (Lipinski definition) is 5. The van der Waals surface area contributed by atoms with Crippen LogP contribution in [0.3, 0.4) is 0 Å². The largest absolute Gasteiger partial charge is 0.495 e. The third-order valence-corrected chi connectivity index (χ3v) is 2.75. The lowest BCUT2D eigenvalue weighted by Crippen LogP contribution is -2.21. The number of urea groups is 1. The summed E-state index contributed by atoms with van der Waals surface area (Å²) in [7, 11) is 5.40. The number of hydrogen-bond donors (Lipinski definition) is 2. The van der Waals surface area contributed by atoms with Gasteiger partial charge in [0.15, 0.2) is 5.82 Å². The predicted molar refractivity (Wildman–Crippen MR) is 82.0 cm³/mol. The molecule has 0 fully saturated rings. The summed E-state index contributed by atoms with van der Waals surface area (Å²) in [6.07, 6.45) is 4.50. The fourth-order valence-electron chi connectivity index (χ4n) is 1.71. The minimum absolute atomic E-state index is 0.373. The van der Waals surface area contributed by atoms with Crippen molar-refractivity contribution in [2.24, 2.45) is 0 Å². The monoisotopic (exact) mass is 287 g/mol. The van der Waals surface area contributed by atoms with E-state index in [9.17, 15) is 4.79 Å². The van der Waals surface area contributed by atoms with Crippen LogP contribution >= 0.6 is 0 Å². The van der Waals surface area contributed by atoms with Crippen LogP contribution in [0.2, 0.25) is 0 Å². The Balaban J connectivity index is 2.14. The lowest BCUT2D eigenvalue weighted by molar-refractivity contribution is 0.262. The molecule has 0 atom stereocenters. The highest BCUT2D eigenvalue weighted by molar-refractivity contribution is 6.00. The maximum atomic E-state index is 12.0. The van der Waals surface area contributed by atoms with E-state index >= 15 is 0 Å². The fraction of sp³-hybridized carbons (Fsp3) is 0.214. The van der Waals surface area contributed by atoms with Crippen LogP contribution in [0.15, 0.2) is 36.8 Å². The van der Waals surface area contributed by atoms with Gasteiger partial charge in [0, 0.05) is 32.2 Å². The molecular weight excluding hydrogens is 270 g/mol. The number of anilines is 3. The first-order valence-electron chi connectivity index (χ1n) is 6.29. The number of carbonyl (C=O) groups excluding carboxylic acids is 1. The van der Waals surface area contributed by atoms with Crippen LogP contribution in [0.5, 0.6) is 5.75 Å². The van der Waals surface area contributed by atoms with Gasteiger partial charge in [0.05, 0.1) is 19.0 Å². The van der Waals surface area contributed by atoms with Crippen LogP contribution < -0.4 is 20.3 Å². The van der Waals surface area contributed by atoms with E-state index in [0.717, 1.165) is 5.69 Å². The van der Waals surface area contributed by atoms with Gasteiger partial charge in [0.25, 0.3) is 0 Å². The summed E-state index contributed by atoms with van der Waals surface area (Å²) >= 11 is 0. The van der Waals surface area contributed by atoms with E-state index in [-0.39, 0.29) is 0 Å². The van der Waals surface area contributed by atoms with Crippen LogP contribution in [-0.2, 0) is 0 Å². The zero-order valence-corrected chi connectivity index (χ0v) is 12.1. The number of nitrogens with zero attached hydrogens (tertiary/aromatic N) is 3. The molecule has 0 aliphatic heterocycles. The maximum absolute atomic E-state index is 12.0. The third kappa shape index (κ3) is 3.82. The van der Waals surface area contributed by atoms with Crippen molar-refractivity contribution in [1.29, 1.82) is 0 Å². The Hall–Kier alpha value is -2.83. The summed E-state index contributed by atoms with van der Waals surface area (Å²) in [6.45, 7) is 0. The molecule has 2 N–H and O–H groups in total. The molecule has 0 saturated heterocycles. The van der Waals surface area contributed by atoms with Gasteiger partial charge in [-0.15, -0.1) is 0 Å². The second-order valence-corrected chi connectivity index (χ2v) is 4.45. The number of nitrogens with one attached hydrogen (secondary N) is 2. The average Bonchev–Trinajstić information content (AvgIpc) is 2.48. The summed E-state index contributed by atoms with van der Waals surface area (Å²) in [5.41, 5.74) is 1.52. The Morgan fingerprint density at radius 3 is 2.67 bits per heavy atom. The Kier molecular flexibility index (Phi) is 4.55. The number of methoxy groups -OCH3 is 1. The van der Waals surface area contributed by atoms with Crippen molar-refractivity contribution in [3.05, 3.63) is 36.8 Å². The molecule has 2 aromatic rings. The quantitative estimate of drug-likeness (QED) is 0.901. The lowest BCUT2D eigenvalue weighted by Gasteiger charge is -2.16. The lowest BCUT2D eigenvalue weighted by atomic mass is 10.2. The van der Waals surface area contributed by atoms with E-state index in [1.54, 1.807) is 13.2 Å². The molecule has 7 nitrogen and oxygen atoms in total. The Labute approximate surface area is 123 Å². The van der Waals surface area contributed by atoms with Gasteiger partial charge in [-0.1, -0.05) is 0 Å². The molecule has 0 saturated carbocycles. The van der Waals surface area contributed by atoms with Gasteiger partial charge in [-0.05, 0) is 18.2 Å². The summed E-state index contributed by atoms with van der Waals surface area (Å²) in [4.78, 5) is 21.8. The molecule has 1 aromatic carbocycles. The van der Waals surface area contributed by atoms with E-state index in [1.165, 1.54) is 18.6 Å². The number of ether oxygens (including phenoxy) is 1. The average molecular weight is 287 g/mol. The minimum atomic E-state index is -0.412. The fourth-order valence-corrected chi connectivity index (χ4v) is 1.71. The van der Waals surface area contributed by atoms with Crippen LogP contribution in [0.25, 0.3) is 0 Å². The van der Waals surface area contributed by atoms with E-state index in [0.29, 0.717) is 17.3 Å². The van der Waals surface area contributed by atoms with Gasteiger partial charge in [-0.25, -0.2) is 9.78 Å². The number of rotatable bonds is 4. The first-order valence-corrected chi connectivity index (χ1v) is 6.29. The molecule has 0 unspecified atom stereocenters. The molecule has 0 spiro atoms. The molecule has 0 aliphatic rings. The summed E-state index contributed by atoms with van der Waals surface area (Å²) < 4.78 is 5.24. The first-order chi connectivity index (χ1) is 10.1. The van der Waals surface area contributed by atoms with E-state index < -0.39 is 6.03 Å². The number of carbonyl (C=O) groups is 1. The minimum Gasteiger partial charge on any atom is -0.495 e. The molecule has 2 amide bonds. The van der Waals surface area contributed by atoms with Gasteiger partial charge in [0.2, 0.25) is 0 Å². The Morgan fingerprint density at radius 1 is 1.24 bits per heavy atom. The van der Waals surface area contributed by atoms with Gasteiger partial charge in [0.1, 0.15) is 5.75 Å². The molecule has 1 aromatic heterocycles. The van der Waals surface area contributed by atoms with Crippen molar-refractivity contribution in [3.63, 3.8) is 0 Å². The van der Waals surface area contributed by atoms with Crippen molar-refractivity contribution >= 4 is 23.2 Å². The summed E-state index contributed by atoms with van der Waals surface area (Å²) in [5, 5.41) is 5.33. The van der Waals surface area contributed by atoms with Crippen LogP contribution in [0, 0.1) is 0 Å². The summed E-state index contributed by atoms with van der Waals surface area (Å²) in [5.74, 6) is 0.952. The van der Waals surface area contributed by atoms with E-state index in [1.807, 2.05) is 31.1 Å². The Bertz CT molecular complexity index is 616. The summed E-state index contributed by atoms with van der Waals surface area (Å²) in [6, 6.07) is 5.12. The van der Waals surface area contributed by atoms with Crippen molar-refractivity contribution in [1.82, 2.24) is 9.97 Å². The highest BCUT2D eigenvalue weighted by atomic mass is 16.5. The second-order valence-electron chi connectivity index (χ2n) is 4.45. The van der Waals surface area contributed by atoms with Crippen LogP contribution in [0.4, 0.5) is 22.0 Å². The zero-order chi connectivity index (χ0) is 15.2. The van der Waals surface area contributed by atoms with E-state index in [2.05, 4.69) is 20.6 Å².